The van der Waals surface area contributed by atoms with Crippen LogP contribution in [0.15, 0.2) is 48.5 Å². The lowest BCUT2D eigenvalue weighted by molar-refractivity contribution is 0.112. The predicted octanol–water partition coefficient (Wildman–Crippen LogP) is 3.71. The standard InChI is InChI=1S/C16H14O2/c17-11-12-4-6-13(7-5-12)14-2-1-3-16(10-14)18-15-8-9-15/h1-7,10-11,15H,8-9H2. The molecule has 0 unspecified atom stereocenters. The largest absolute Gasteiger partial charge is 0.490 e. The van der Waals surface area contributed by atoms with Gasteiger partial charge in [0, 0.05) is 5.56 Å². The van der Waals surface area contributed by atoms with E-state index in [-0.39, 0.29) is 0 Å². The van der Waals surface area contributed by atoms with Crippen molar-refractivity contribution in [1.82, 2.24) is 0 Å². The molecular weight excluding hydrogens is 224 g/mol. The Bertz CT molecular complexity index is 554. The second-order valence-electron chi connectivity index (χ2n) is 4.58. The van der Waals surface area contributed by atoms with E-state index in [1.165, 1.54) is 0 Å². The van der Waals surface area contributed by atoms with Crippen LogP contribution in [0.1, 0.15) is 23.2 Å². The number of rotatable bonds is 4. The predicted molar refractivity (Wildman–Crippen MR) is 70.9 cm³/mol. The molecule has 18 heavy (non-hydrogen) atoms. The summed E-state index contributed by atoms with van der Waals surface area (Å²) in [7, 11) is 0. The van der Waals surface area contributed by atoms with Crippen LogP contribution in [0.3, 0.4) is 0 Å². The second-order valence-corrected chi connectivity index (χ2v) is 4.58. The van der Waals surface area contributed by atoms with Crippen LogP contribution in [0.4, 0.5) is 0 Å². The summed E-state index contributed by atoms with van der Waals surface area (Å²) in [4.78, 5) is 10.6. The van der Waals surface area contributed by atoms with Gasteiger partial charge in [-0.2, -0.15) is 0 Å². The topological polar surface area (TPSA) is 26.3 Å². The molecule has 0 amide bonds. The van der Waals surface area contributed by atoms with Crippen LogP contribution in [0.2, 0.25) is 0 Å². The first-order valence-corrected chi connectivity index (χ1v) is 6.17. The molecule has 0 aromatic heterocycles. The van der Waals surface area contributed by atoms with Crippen LogP contribution < -0.4 is 4.74 Å². The van der Waals surface area contributed by atoms with E-state index in [0.717, 1.165) is 36.0 Å². The molecule has 0 N–H and O–H groups in total. The van der Waals surface area contributed by atoms with Crippen molar-refractivity contribution in [2.24, 2.45) is 0 Å². The minimum atomic E-state index is 0.415. The van der Waals surface area contributed by atoms with Gasteiger partial charge in [-0.05, 0) is 36.1 Å². The summed E-state index contributed by atoms with van der Waals surface area (Å²) in [6, 6.07) is 15.7. The molecule has 0 radical (unpaired) electrons. The van der Waals surface area contributed by atoms with E-state index in [1.807, 2.05) is 42.5 Å². The molecule has 2 aromatic carbocycles. The van der Waals surface area contributed by atoms with E-state index in [1.54, 1.807) is 0 Å². The Morgan fingerprint density at radius 2 is 1.78 bits per heavy atom. The summed E-state index contributed by atoms with van der Waals surface area (Å²) in [5.74, 6) is 0.925. The first kappa shape index (κ1) is 11.0. The summed E-state index contributed by atoms with van der Waals surface area (Å²) in [6.07, 6.45) is 3.60. The molecule has 3 rings (SSSR count). The van der Waals surface area contributed by atoms with E-state index in [2.05, 4.69) is 6.07 Å². The molecule has 0 atom stereocenters. The maximum atomic E-state index is 10.6. The van der Waals surface area contributed by atoms with Gasteiger partial charge in [0.15, 0.2) is 0 Å². The zero-order valence-corrected chi connectivity index (χ0v) is 10.0. The zero-order valence-electron chi connectivity index (χ0n) is 10.0. The van der Waals surface area contributed by atoms with Crippen LogP contribution in [0.25, 0.3) is 11.1 Å². The Labute approximate surface area is 106 Å². The van der Waals surface area contributed by atoms with Gasteiger partial charge in [-0.25, -0.2) is 0 Å². The van der Waals surface area contributed by atoms with Crippen molar-refractivity contribution in [2.75, 3.05) is 0 Å². The Morgan fingerprint density at radius 1 is 1.00 bits per heavy atom. The van der Waals surface area contributed by atoms with Crippen molar-refractivity contribution >= 4 is 6.29 Å². The van der Waals surface area contributed by atoms with Crippen molar-refractivity contribution in [3.63, 3.8) is 0 Å². The number of aldehydes is 1. The fourth-order valence-corrected chi connectivity index (χ4v) is 1.88. The van der Waals surface area contributed by atoms with E-state index >= 15 is 0 Å². The monoisotopic (exact) mass is 238 g/mol. The van der Waals surface area contributed by atoms with Crippen molar-refractivity contribution in [3.8, 4) is 16.9 Å². The Hall–Kier alpha value is -2.09. The van der Waals surface area contributed by atoms with Gasteiger partial charge in [0.1, 0.15) is 12.0 Å². The van der Waals surface area contributed by atoms with Gasteiger partial charge < -0.3 is 4.74 Å². The third-order valence-electron chi connectivity index (χ3n) is 3.04. The van der Waals surface area contributed by atoms with Gasteiger partial charge in [0.25, 0.3) is 0 Å². The average Bonchev–Trinajstić information content (AvgIpc) is 3.23. The number of carbonyl (C=O) groups is 1. The van der Waals surface area contributed by atoms with Crippen LogP contribution in [-0.4, -0.2) is 12.4 Å². The highest BCUT2D eigenvalue weighted by Gasteiger charge is 2.23. The number of hydrogen-bond donors (Lipinski definition) is 0. The molecule has 1 aliphatic rings. The Morgan fingerprint density at radius 3 is 2.44 bits per heavy atom. The number of benzene rings is 2. The second kappa shape index (κ2) is 4.65. The van der Waals surface area contributed by atoms with Crippen LogP contribution >= 0.6 is 0 Å². The number of hydrogen-bond acceptors (Lipinski definition) is 2. The van der Waals surface area contributed by atoms with Crippen LogP contribution in [0, 0.1) is 0 Å². The van der Waals surface area contributed by atoms with E-state index < -0.39 is 0 Å². The smallest absolute Gasteiger partial charge is 0.150 e. The van der Waals surface area contributed by atoms with Crippen LogP contribution in [0.5, 0.6) is 5.75 Å². The fourth-order valence-electron chi connectivity index (χ4n) is 1.88. The van der Waals surface area contributed by atoms with Gasteiger partial charge >= 0.3 is 0 Å². The lowest BCUT2D eigenvalue weighted by Crippen LogP contribution is -1.95. The average molecular weight is 238 g/mol. The molecule has 2 nitrogen and oxygen atoms in total. The fraction of sp³-hybridized carbons (Fsp3) is 0.188. The molecule has 0 saturated heterocycles. The van der Waals surface area contributed by atoms with Crippen molar-refractivity contribution < 1.29 is 9.53 Å². The Kier molecular flexibility index (Phi) is 2.85. The van der Waals surface area contributed by atoms with Crippen molar-refractivity contribution in [2.45, 2.75) is 18.9 Å². The molecule has 2 aromatic rings. The van der Waals surface area contributed by atoms with E-state index in [9.17, 15) is 4.79 Å². The van der Waals surface area contributed by atoms with Gasteiger partial charge in [-0.3, -0.25) is 4.79 Å². The lowest BCUT2D eigenvalue weighted by atomic mass is 10.0. The number of ether oxygens (including phenoxy) is 1. The third kappa shape index (κ3) is 2.43. The van der Waals surface area contributed by atoms with Gasteiger partial charge in [-0.15, -0.1) is 0 Å². The summed E-state index contributed by atoms with van der Waals surface area (Å²) in [6.45, 7) is 0. The Balaban J connectivity index is 1.86. The van der Waals surface area contributed by atoms with Crippen LogP contribution in [-0.2, 0) is 0 Å². The quantitative estimate of drug-likeness (QED) is 0.759. The normalized spacial score (nSPS) is 14.2. The summed E-state index contributed by atoms with van der Waals surface area (Å²) < 4.78 is 5.78. The highest BCUT2D eigenvalue weighted by molar-refractivity contribution is 5.77. The molecule has 0 heterocycles. The highest BCUT2D eigenvalue weighted by Crippen LogP contribution is 2.29. The first-order valence-electron chi connectivity index (χ1n) is 6.17. The van der Waals surface area contributed by atoms with Gasteiger partial charge in [0.2, 0.25) is 0 Å². The molecular formula is C16H14O2. The molecule has 1 saturated carbocycles. The molecule has 0 bridgehead atoms. The summed E-state index contributed by atoms with van der Waals surface area (Å²) in [5, 5.41) is 0. The molecule has 1 aliphatic carbocycles. The van der Waals surface area contributed by atoms with E-state index in [4.69, 9.17) is 4.74 Å². The molecule has 1 fully saturated rings. The molecule has 0 aliphatic heterocycles. The van der Waals surface area contributed by atoms with Gasteiger partial charge in [-0.1, -0.05) is 36.4 Å². The van der Waals surface area contributed by atoms with Crippen molar-refractivity contribution in [1.29, 1.82) is 0 Å². The third-order valence-corrected chi connectivity index (χ3v) is 3.04. The van der Waals surface area contributed by atoms with E-state index in [0.29, 0.717) is 11.7 Å². The van der Waals surface area contributed by atoms with Gasteiger partial charge in [0.05, 0.1) is 6.10 Å². The number of carbonyl (C=O) groups excluding carboxylic acids is 1. The zero-order chi connectivity index (χ0) is 12.4. The maximum Gasteiger partial charge on any atom is 0.150 e. The summed E-state index contributed by atoms with van der Waals surface area (Å²) >= 11 is 0. The van der Waals surface area contributed by atoms with Crippen molar-refractivity contribution in [3.05, 3.63) is 54.1 Å². The summed E-state index contributed by atoms with van der Waals surface area (Å²) in [5.41, 5.74) is 2.91. The highest BCUT2D eigenvalue weighted by atomic mass is 16.5. The molecule has 2 heteroatoms. The lowest BCUT2D eigenvalue weighted by Gasteiger charge is -2.07. The molecule has 0 spiro atoms. The minimum absolute atomic E-state index is 0.415. The maximum absolute atomic E-state index is 10.6. The first-order chi connectivity index (χ1) is 8.85. The SMILES string of the molecule is O=Cc1ccc(-c2cccc(OC3CC3)c2)cc1. The molecule has 90 valence electrons. The minimum Gasteiger partial charge on any atom is -0.490 e.